The lowest BCUT2D eigenvalue weighted by atomic mass is 9.99. The summed E-state index contributed by atoms with van der Waals surface area (Å²) in [4.78, 5) is 4.64. The Morgan fingerprint density at radius 2 is 1.70 bits per heavy atom. The maximum absolute atomic E-state index is 4.64. The van der Waals surface area contributed by atoms with E-state index < -0.39 is 0 Å². The highest BCUT2D eigenvalue weighted by Gasteiger charge is 2.13. The van der Waals surface area contributed by atoms with Crippen LogP contribution in [0.4, 0.5) is 0 Å². The number of nitrogens with one attached hydrogen (secondary N) is 1. The molecule has 3 rings (SSSR count). The fraction of sp³-hybridized carbons (Fsp3) is 0.167. The SMILES string of the molecule is CNC(c1ccc2ccccc2c1)c1cccc(C)n1. The molecule has 0 aliphatic carbocycles. The van der Waals surface area contributed by atoms with Gasteiger partial charge in [-0.05, 0) is 48.5 Å². The highest BCUT2D eigenvalue weighted by molar-refractivity contribution is 5.83. The number of hydrogen-bond acceptors (Lipinski definition) is 2. The van der Waals surface area contributed by atoms with Gasteiger partial charge in [-0.25, -0.2) is 0 Å². The van der Waals surface area contributed by atoms with Crippen LogP contribution >= 0.6 is 0 Å². The standard InChI is InChI=1S/C18H18N2/c1-13-6-5-9-17(20-13)18(19-2)16-11-10-14-7-3-4-8-15(14)12-16/h3-12,18-19H,1-2H3. The van der Waals surface area contributed by atoms with E-state index in [1.165, 1.54) is 16.3 Å². The van der Waals surface area contributed by atoms with Crippen molar-refractivity contribution in [3.05, 3.63) is 77.6 Å². The molecule has 3 aromatic rings. The predicted octanol–water partition coefficient (Wildman–Crippen LogP) is 3.85. The Morgan fingerprint density at radius 3 is 2.45 bits per heavy atom. The number of rotatable bonds is 3. The van der Waals surface area contributed by atoms with Crippen molar-refractivity contribution in [2.45, 2.75) is 13.0 Å². The molecular weight excluding hydrogens is 244 g/mol. The van der Waals surface area contributed by atoms with Crippen LogP contribution in [-0.2, 0) is 0 Å². The summed E-state index contributed by atoms with van der Waals surface area (Å²) in [6.45, 7) is 2.02. The second-order valence-corrected chi connectivity index (χ2v) is 5.03. The molecule has 0 fully saturated rings. The summed E-state index contributed by atoms with van der Waals surface area (Å²) >= 11 is 0. The molecule has 0 aliphatic rings. The number of aromatic nitrogens is 1. The van der Waals surface area contributed by atoms with Gasteiger partial charge in [0.25, 0.3) is 0 Å². The molecule has 1 aromatic heterocycles. The first kappa shape index (κ1) is 12.8. The Bertz CT molecular complexity index is 734. The topological polar surface area (TPSA) is 24.9 Å². The summed E-state index contributed by atoms with van der Waals surface area (Å²) in [5, 5.41) is 5.89. The normalized spacial score (nSPS) is 12.5. The quantitative estimate of drug-likeness (QED) is 0.775. The summed E-state index contributed by atoms with van der Waals surface area (Å²) in [5.41, 5.74) is 3.34. The first-order valence-electron chi connectivity index (χ1n) is 6.87. The van der Waals surface area contributed by atoms with Crippen molar-refractivity contribution in [2.24, 2.45) is 0 Å². The van der Waals surface area contributed by atoms with E-state index >= 15 is 0 Å². The lowest BCUT2D eigenvalue weighted by Gasteiger charge is -2.17. The molecule has 0 aliphatic heterocycles. The Morgan fingerprint density at radius 1 is 0.900 bits per heavy atom. The number of aryl methyl sites for hydroxylation is 1. The molecule has 100 valence electrons. The maximum Gasteiger partial charge on any atom is 0.0749 e. The molecule has 2 aromatic carbocycles. The Kier molecular flexibility index (Phi) is 3.48. The molecule has 1 unspecified atom stereocenters. The van der Waals surface area contributed by atoms with E-state index in [2.05, 4.69) is 64.9 Å². The summed E-state index contributed by atoms with van der Waals surface area (Å²) in [7, 11) is 1.98. The first-order chi connectivity index (χ1) is 9.78. The number of hydrogen-bond donors (Lipinski definition) is 1. The van der Waals surface area contributed by atoms with Crippen LogP contribution in [-0.4, -0.2) is 12.0 Å². The van der Waals surface area contributed by atoms with Gasteiger partial charge in [0.1, 0.15) is 0 Å². The zero-order valence-corrected chi connectivity index (χ0v) is 11.8. The maximum atomic E-state index is 4.64. The lowest BCUT2D eigenvalue weighted by Crippen LogP contribution is -2.19. The second-order valence-electron chi connectivity index (χ2n) is 5.03. The fourth-order valence-electron chi connectivity index (χ4n) is 2.60. The van der Waals surface area contributed by atoms with Crippen molar-refractivity contribution in [3.8, 4) is 0 Å². The van der Waals surface area contributed by atoms with Gasteiger partial charge in [0.2, 0.25) is 0 Å². The Balaban J connectivity index is 2.07. The van der Waals surface area contributed by atoms with Crippen LogP contribution in [0.25, 0.3) is 10.8 Å². The van der Waals surface area contributed by atoms with E-state index in [1.807, 2.05) is 20.0 Å². The Hall–Kier alpha value is -2.19. The van der Waals surface area contributed by atoms with Crippen molar-refractivity contribution in [3.63, 3.8) is 0 Å². The zero-order chi connectivity index (χ0) is 13.9. The molecule has 20 heavy (non-hydrogen) atoms. The number of pyridine rings is 1. The van der Waals surface area contributed by atoms with Gasteiger partial charge in [-0.2, -0.15) is 0 Å². The van der Waals surface area contributed by atoms with Gasteiger partial charge in [0, 0.05) is 5.69 Å². The molecule has 2 nitrogen and oxygen atoms in total. The first-order valence-corrected chi connectivity index (χ1v) is 6.87. The van der Waals surface area contributed by atoms with Crippen molar-refractivity contribution in [2.75, 3.05) is 7.05 Å². The smallest absolute Gasteiger partial charge is 0.0749 e. The van der Waals surface area contributed by atoms with Crippen molar-refractivity contribution in [1.29, 1.82) is 0 Å². The van der Waals surface area contributed by atoms with Gasteiger partial charge in [-0.15, -0.1) is 0 Å². The van der Waals surface area contributed by atoms with Crippen LogP contribution in [0.1, 0.15) is 23.0 Å². The van der Waals surface area contributed by atoms with E-state index in [0.717, 1.165) is 11.4 Å². The van der Waals surface area contributed by atoms with Gasteiger partial charge in [0.15, 0.2) is 0 Å². The summed E-state index contributed by atoms with van der Waals surface area (Å²) in [6, 6.07) is 21.3. The van der Waals surface area contributed by atoms with Crippen LogP contribution in [0.2, 0.25) is 0 Å². The van der Waals surface area contributed by atoms with E-state index in [-0.39, 0.29) is 6.04 Å². The van der Waals surface area contributed by atoms with E-state index in [4.69, 9.17) is 0 Å². The number of fused-ring (bicyclic) bond motifs is 1. The van der Waals surface area contributed by atoms with Crippen molar-refractivity contribution in [1.82, 2.24) is 10.3 Å². The molecule has 0 amide bonds. The number of benzene rings is 2. The molecule has 1 heterocycles. The van der Waals surface area contributed by atoms with Gasteiger partial charge in [-0.1, -0.05) is 42.5 Å². The summed E-state index contributed by atoms with van der Waals surface area (Å²) in [5.74, 6) is 0. The fourth-order valence-corrected chi connectivity index (χ4v) is 2.60. The highest BCUT2D eigenvalue weighted by atomic mass is 14.9. The zero-order valence-electron chi connectivity index (χ0n) is 11.8. The summed E-state index contributed by atoms with van der Waals surface area (Å²) in [6.07, 6.45) is 0. The van der Waals surface area contributed by atoms with Crippen LogP contribution in [0.3, 0.4) is 0 Å². The minimum Gasteiger partial charge on any atom is -0.308 e. The van der Waals surface area contributed by atoms with Gasteiger partial charge in [-0.3, -0.25) is 4.98 Å². The third-order valence-corrected chi connectivity index (χ3v) is 3.60. The summed E-state index contributed by atoms with van der Waals surface area (Å²) < 4.78 is 0. The molecule has 1 N–H and O–H groups in total. The van der Waals surface area contributed by atoms with Crippen molar-refractivity contribution < 1.29 is 0 Å². The molecule has 1 atom stereocenters. The largest absolute Gasteiger partial charge is 0.308 e. The van der Waals surface area contributed by atoms with Gasteiger partial charge < -0.3 is 5.32 Å². The van der Waals surface area contributed by atoms with E-state index in [0.29, 0.717) is 0 Å². The monoisotopic (exact) mass is 262 g/mol. The third-order valence-electron chi connectivity index (χ3n) is 3.60. The van der Waals surface area contributed by atoms with Crippen molar-refractivity contribution >= 4 is 10.8 Å². The van der Waals surface area contributed by atoms with Gasteiger partial charge in [0.05, 0.1) is 11.7 Å². The molecule has 0 saturated carbocycles. The molecule has 0 saturated heterocycles. The Labute approximate surface area is 119 Å². The predicted molar refractivity (Wildman–Crippen MR) is 83.8 cm³/mol. The molecule has 0 spiro atoms. The van der Waals surface area contributed by atoms with Crippen LogP contribution in [0.5, 0.6) is 0 Å². The molecular formula is C18H18N2. The molecule has 0 radical (unpaired) electrons. The lowest BCUT2D eigenvalue weighted by molar-refractivity contribution is 0.669. The van der Waals surface area contributed by atoms with E-state index in [1.54, 1.807) is 0 Å². The van der Waals surface area contributed by atoms with Crippen LogP contribution < -0.4 is 5.32 Å². The van der Waals surface area contributed by atoms with Crippen LogP contribution in [0, 0.1) is 6.92 Å². The molecule has 0 bridgehead atoms. The average Bonchev–Trinajstić information content (AvgIpc) is 2.48. The second kappa shape index (κ2) is 5.43. The van der Waals surface area contributed by atoms with Crippen LogP contribution in [0.15, 0.2) is 60.7 Å². The van der Waals surface area contributed by atoms with Gasteiger partial charge >= 0.3 is 0 Å². The third kappa shape index (κ3) is 2.43. The number of nitrogens with zero attached hydrogens (tertiary/aromatic N) is 1. The van der Waals surface area contributed by atoms with E-state index in [9.17, 15) is 0 Å². The minimum atomic E-state index is 0.125. The average molecular weight is 262 g/mol. The minimum absolute atomic E-state index is 0.125. The highest BCUT2D eigenvalue weighted by Crippen LogP contribution is 2.24. The molecule has 2 heteroatoms.